The molecular formula is C8H6O2S2. The minimum absolute atomic E-state index is 0.468. The number of rotatable bonds is 1. The summed E-state index contributed by atoms with van der Waals surface area (Å²) in [5.74, 6) is -0.822. The SMILES string of the molecule is Cc1cc2c(C(=O)O)c(c1)SS2. The predicted octanol–water partition coefficient (Wildman–Crippen LogP) is 2.81. The molecule has 4 heteroatoms. The smallest absolute Gasteiger partial charge is 0.338 e. The van der Waals surface area contributed by atoms with Crippen LogP contribution in [0.4, 0.5) is 0 Å². The Balaban J connectivity index is 2.65. The molecule has 1 aliphatic rings. The van der Waals surface area contributed by atoms with Gasteiger partial charge in [-0.25, -0.2) is 4.79 Å². The molecule has 0 fully saturated rings. The second kappa shape index (κ2) is 2.71. The zero-order valence-corrected chi connectivity index (χ0v) is 7.96. The maximum absolute atomic E-state index is 10.8. The molecule has 0 aromatic heterocycles. The van der Waals surface area contributed by atoms with Crippen molar-refractivity contribution in [2.24, 2.45) is 0 Å². The van der Waals surface area contributed by atoms with Crippen LogP contribution in [0.5, 0.6) is 0 Å². The number of carbonyl (C=O) groups is 1. The Morgan fingerprint density at radius 1 is 1.33 bits per heavy atom. The number of aryl methyl sites for hydroxylation is 1. The van der Waals surface area contributed by atoms with Crippen LogP contribution in [0.15, 0.2) is 21.9 Å². The molecule has 0 radical (unpaired) electrons. The minimum atomic E-state index is -0.822. The van der Waals surface area contributed by atoms with E-state index in [1.54, 1.807) is 0 Å². The molecule has 2 nitrogen and oxygen atoms in total. The number of aromatic carboxylic acids is 1. The summed E-state index contributed by atoms with van der Waals surface area (Å²) in [6, 6.07) is 3.83. The Bertz CT molecular complexity index is 335. The summed E-state index contributed by atoms with van der Waals surface area (Å²) in [4.78, 5) is 12.5. The molecule has 1 heterocycles. The molecule has 2 bridgehead atoms. The van der Waals surface area contributed by atoms with Gasteiger partial charge >= 0.3 is 5.97 Å². The van der Waals surface area contributed by atoms with Crippen LogP contribution in [0.3, 0.4) is 0 Å². The van der Waals surface area contributed by atoms with Gasteiger partial charge < -0.3 is 5.11 Å². The number of carboxylic acids is 1. The first-order chi connectivity index (χ1) is 5.68. The van der Waals surface area contributed by atoms with Crippen LogP contribution < -0.4 is 0 Å². The average molecular weight is 198 g/mol. The van der Waals surface area contributed by atoms with Gasteiger partial charge in [0.2, 0.25) is 0 Å². The van der Waals surface area contributed by atoms with Crippen LogP contribution in [-0.2, 0) is 0 Å². The standard InChI is InChI=1S/C8H6O2S2/c1-4-2-5-7(8(9)10)6(3-4)12-11-5/h2-3H,1H3,(H,9,10). The molecule has 1 N–H and O–H groups in total. The molecule has 1 aromatic rings. The van der Waals surface area contributed by atoms with Gasteiger partial charge in [0.15, 0.2) is 0 Å². The Morgan fingerprint density at radius 2 is 1.83 bits per heavy atom. The number of hydrogen-bond acceptors (Lipinski definition) is 3. The van der Waals surface area contributed by atoms with Gasteiger partial charge in [-0.2, -0.15) is 0 Å². The van der Waals surface area contributed by atoms with Gasteiger partial charge in [-0.05, 0) is 24.6 Å². The fraction of sp³-hybridized carbons (Fsp3) is 0.125. The normalized spacial score (nSPS) is 13.4. The summed E-state index contributed by atoms with van der Waals surface area (Å²) in [6.07, 6.45) is 0. The van der Waals surface area contributed by atoms with E-state index in [1.807, 2.05) is 19.1 Å². The van der Waals surface area contributed by atoms with Crippen molar-refractivity contribution in [3.8, 4) is 0 Å². The zero-order chi connectivity index (χ0) is 8.72. The van der Waals surface area contributed by atoms with Crippen molar-refractivity contribution >= 4 is 27.6 Å². The van der Waals surface area contributed by atoms with E-state index in [2.05, 4.69) is 0 Å². The Hall–Kier alpha value is -0.610. The van der Waals surface area contributed by atoms with Crippen LogP contribution in [0.25, 0.3) is 0 Å². The van der Waals surface area contributed by atoms with Gasteiger partial charge in [0, 0.05) is 9.79 Å². The molecule has 1 aromatic carbocycles. The highest BCUT2D eigenvalue weighted by Crippen LogP contribution is 2.49. The lowest BCUT2D eigenvalue weighted by Gasteiger charge is -1.98. The van der Waals surface area contributed by atoms with Crippen molar-refractivity contribution in [3.63, 3.8) is 0 Å². The van der Waals surface area contributed by atoms with Crippen molar-refractivity contribution in [1.29, 1.82) is 0 Å². The summed E-state index contributed by atoms with van der Waals surface area (Å²) < 4.78 is 0. The first-order valence-electron chi connectivity index (χ1n) is 3.41. The molecule has 0 unspecified atom stereocenters. The third kappa shape index (κ3) is 1.11. The van der Waals surface area contributed by atoms with Crippen LogP contribution in [-0.4, -0.2) is 11.1 Å². The highest BCUT2D eigenvalue weighted by Gasteiger charge is 2.23. The summed E-state index contributed by atoms with van der Waals surface area (Å²) in [7, 11) is 3.05. The maximum atomic E-state index is 10.8. The molecule has 0 atom stereocenters. The van der Waals surface area contributed by atoms with E-state index in [0.717, 1.165) is 15.4 Å². The van der Waals surface area contributed by atoms with Crippen molar-refractivity contribution in [2.45, 2.75) is 16.7 Å². The summed E-state index contributed by atoms with van der Waals surface area (Å²) in [5, 5.41) is 8.85. The lowest BCUT2D eigenvalue weighted by molar-refractivity contribution is 0.0689. The maximum Gasteiger partial charge on any atom is 0.338 e. The van der Waals surface area contributed by atoms with E-state index in [1.165, 1.54) is 21.6 Å². The van der Waals surface area contributed by atoms with Gasteiger partial charge in [0.1, 0.15) is 0 Å². The van der Waals surface area contributed by atoms with Crippen molar-refractivity contribution < 1.29 is 9.90 Å². The van der Waals surface area contributed by atoms with Gasteiger partial charge in [-0.3, -0.25) is 0 Å². The number of benzene rings is 1. The van der Waals surface area contributed by atoms with Gasteiger partial charge in [-0.15, -0.1) is 0 Å². The van der Waals surface area contributed by atoms with E-state index < -0.39 is 5.97 Å². The van der Waals surface area contributed by atoms with Crippen LogP contribution in [0.1, 0.15) is 15.9 Å². The summed E-state index contributed by atoms with van der Waals surface area (Å²) >= 11 is 0. The van der Waals surface area contributed by atoms with Gasteiger partial charge in [-0.1, -0.05) is 21.6 Å². The first kappa shape index (κ1) is 8.01. The monoisotopic (exact) mass is 198 g/mol. The molecule has 0 amide bonds. The lowest BCUT2D eigenvalue weighted by Crippen LogP contribution is -1.98. The van der Waals surface area contributed by atoms with E-state index in [4.69, 9.17) is 5.11 Å². The Labute approximate surface area is 77.8 Å². The molecule has 62 valence electrons. The molecule has 0 spiro atoms. The van der Waals surface area contributed by atoms with E-state index in [-0.39, 0.29) is 0 Å². The zero-order valence-electron chi connectivity index (χ0n) is 6.33. The molecule has 1 aliphatic heterocycles. The van der Waals surface area contributed by atoms with Gasteiger partial charge in [0.25, 0.3) is 0 Å². The fourth-order valence-electron chi connectivity index (χ4n) is 1.15. The van der Waals surface area contributed by atoms with E-state index in [0.29, 0.717) is 5.56 Å². The second-order valence-corrected chi connectivity index (χ2v) is 4.82. The number of carboxylic acid groups (broad SMARTS) is 1. The molecule has 12 heavy (non-hydrogen) atoms. The Kier molecular flexibility index (Phi) is 1.81. The molecular weight excluding hydrogens is 192 g/mol. The first-order valence-corrected chi connectivity index (χ1v) is 5.56. The van der Waals surface area contributed by atoms with Crippen LogP contribution in [0, 0.1) is 6.92 Å². The summed E-state index contributed by atoms with van der Waals surface area (Å²) in [6.45, 7) is 1.98. The van der Waals surface area contributed by atoms with Crippen LogP contribution in [0.2, 0.25) is 0 Å². The second-order valence-electron chi connectivity index (χ2n) is 2.61. The highest BCUT2D eigenvalue weighted by molar-refractivity contribution is 8.77. The fourth-order valence-corrected chi connectivity index (χ4v) is 3.75. The average Bonchev–Trinajstić information content (AvgIpc) is 2.24. The van der Waals surface area contributed by atoms with E-state index in [9.17, 15) is 4.79 Å². The third-order valence-electron chi connectivity index (χ3n) is 1.65. The van der Waals surface area contributed by atoms with Crippen LogP contribution >= 0.6 is 21.6 Å². The third-order valence-corrected chi connectivity index (χ3v) is 4.06. The molecule has 0 saturated heterocycles. The molecule has 0 saturated carbocycles. The molecule has 0 aliphatic carbocycles. The topological polar surface area (TPSA) is 37.3 Å². The number of hydrogen-bond donors (Lipinski definition) is 1. The minimum Gasteiger partial charge on any atom is -0.478 e. The van der Waals surface area contributed by atoms with Crippen molar-refractivity contribution in [3.05, 3.63) is 23.3 Å². The van der Waals surface area contributed by atoms with Crippen molar-refractivity contribution in [1.82, 2.24) is 0 Å². The van der Waals surface area contributed by atoms with Crippen molar-refractivity contribution in [2.75, 3.05) is 0 Å². The Morgan fingerprint density at radius 3 is 2.25 bits per heavy atom. The summed E-state index contributed by atoms with van der Waals surface area (Å²) in [5.41, 5.74) is 1.60. The largest absolute Gasteiger partial charge is 0.478 e. The quantitative estimate of drug-likeness (QED) is 0.704. The predicted molar refractivity (Wildman–Crippen MR) is 49.9 cm³/mol. The van der Waals surface area contributed by atoms with Gasteiger partial charge in [0.05, 0.1) is 5.56 Å². The van der Waals surface area contributed by atoms with E-state index >= 15 is 0 Å². The lowest BCUT2D eigenvalue weighted by atomic mass is 10.1. The molecule has 2 rings (SSSR count). The highest BCUT2D eigenvalue weighted by atomic mass is 33.1. The number of fused-ring (bicyclic) bond motifs is 2.